The molecule has 112 valence electrons. The molecule has 2 rings (SSSR count). The lowest BCUT2D eigenvalue weighted by molar-refractivity contribution is -0.147. The molecule has 2 fully saturated rings. The first-order valence-corrected chi connectivity index (χ1v) is 7.46. The molecule has 0 aromatic rings. The highest BCUT2D eigenvalue weighted by molar-refractivity contribution is 4.96. The number of rotatable bonds is 8. The van der Waals surface area contributed by atoms with E-state index in [9.17, 15) is 0 Å². The van der Waals surface area contributed by atoms with E-state index < -0.39 is 0 Å². The van der Waals surface area contributed by atoms with Crippen LogP contribution in [0.4, 0.5) is 0 Å². The molecule has 2 unspecified atom stereocenters. The molecule has 2 atom stereocenters. The molecule has 3 N–H and O–H groups in total. The van der Waals surface area contributed by atoms with E-state index in [1.165, 1.54) is 19.3 Å². The van der Waals surface area contributed by atoms with Crippen LogP contribution in [0, 0.1) is 5.92 Å². The summed E-state index contributed by atoms with van der Waals surface area (Å²) >= 11 is 0. The normalized spacial score (nSPS) is 27.2. The lowest BCUT2D eigenvalue weighted by atomic mass is 9.70. The van der Waals surface area contributed by atoms with E-state index in [1.807, 2.05) is 0 Å². The van der Waals surface area contributed by atoms with Gasteiger partial charge in [-0.1, -0.05) is 0 Å². The molecular weight excluding hydrogens is 244 g/mol. The monoisotopic (exact) mass is 272 g/mol. The van der Waals surface area contributed by atoms with Crippen molar-refractivity contribution in [2.45, 2.75) is 50.2 Å². The van der Waals surface area contributed by atoms with Crippen LogP contribution in [0.25, 0.3) is 0 Å². The molecule has 1 heterocycles. The summed E-state index contributed by atoms with van der Waals surface area (Å²) < 4.78 is 16.5. The van der Waals surface area contributed by atoms with Crippen molar-refractivity contribution < 1.29 is 14.2 Å². The zero-order chi connectivity index (χ0) is 13.6. The van der Waals surface area contributed by atoms with Gasteiger partial charge in [0.2, 0.25) is 0 Å². The zero-order valence-electron chi connectivity index (χ0n) is 12.0. The minimum absolute atomic E-state index is 0.189. The van der Waals surface area contributed by atoms with Gasteiger partial charge in [0.15, 0.2) is 0 Å². The maximum absolute atomic E-state index is 5.97. The Morgan fingerprint density at radius 2 is 2.21 bits per heavy atom. The van der Waals surface area contributed by atoms with Crippen molar-refractivity contribution in [3.63, 3.8) is 0 Å². The first kappa shape index (κ1) is 15.2. The van der Waals surface area contributed by atoms with Gasteiger partial charge in [0.25, 0.3) is 0 Å². The summed E-state index contributed by atoms with van der Waals surface area (Å²) in [6, 6.07) is 0.337. The summed E-state index contributed by atoms with van der Waals surface area (Å²) in [6.45, 7) is 2.93. The highest BCUT2D eigenvalue weighted by Gasteiger charge is 2.44. The van der Waals surface area contributed by atoms with Crippen molar-refractivity contribution in [1.29, 1.82) is 0 Å². The second-order valence-corrected chi connectivity index (χ2v) is 5.80. The molecule has 2 aliphatic rings. The highest BCUT2D eigenvalue weighted by atomic mass is 16.5. The Kier molecular flexibility index (Phi) is 6.04. The van der Waals surface area contributed by atoms with E-state index >= 15 is 0 Å². The van der Waals surface area contributed by atoms with Gasteiger partial charge in [-0.05, 0) is 44.4 Å². The number of methoxy groups -OCH3 is 1. The number of hydrogen-bond acceptors (Lipinski definition) is 5. The van der Waals surface area contributed by atoms with Crippen LogP contribution >= 0.6 is 0 Å². The minimum Gasteiger partial charge on any atom is -0.382 e. The molecular formula is C14H28N2O3. The largest absolute Gasteiger partial charge is 0.382 e. The smallest absolute Gasteiger partial charge is 0.0700 e. The van der Waals surface area contributed by atoms with E-state index in [0.29, 0.717) is 25.2 Å². The van der Waals surface area contributed by atoms with Crippen LogP contribution in [0.3, 0.4) is 0 Å². The van der Waals surface area contributed by atoms with Crippen LogP contribution in [0.5, 0.6) is 0 Å². The maximum Gasteiger partial charge on any atom is 0.0700 e. The summed E-state index contributed by atoms with van der Waals surface area (Å²) in [7, 11) is 1.69. The van der Waals surface area contributed by atoms with E-state index in [1.54, 1.807) is 7.11 Å². The Balaban J connectivity index is 1.70. The Morgan fingerprint density at radius 3 is 2.84 bits per heavy atom. The van der Waals surface area contributed by atoms with Crippen LogP contribution in [-0.4, -0.2) is 45.2 Å². The standard InChI is InChI=1S/C14H28N2O3/c1-17-9-10-18-7-4-13(16-15)12-3-8-19-14(11-12)5-2-6-14/h12-13,16H,2-11,15H2,1H3. The molecule has 1 aliphatic carbocycles. The molecule has 0 amide bonds. The van der Waals surface area contributed by atoms with Crippen molar-refractivity contribution in [2.75, 3.05) is 33.5 Å². The van der Waals surface area contributed by atoms with E-state index in [-0.39, 0.29) is 5.60 Å². The molecule has 19 heavy (non-hydrogen) atoms. The van der Waals surface area contributed by atoms with E-state index in [4.69, 9.17) is 20.1 Å². The topological polar surface area (TPSA) is 65.7 Å². The van der Waals surface area contributed by atoms with Gasteiger partial charge >= 0.3 is 0 Å². The van der Waals surface area contributed by atoms with Gasteiger partial charge in [0, 0.05) is 26.4 Å². The predicted molar refractivity (Wildman–Crippen MR) is 73.7 cm³/mol. The first-order valence-electron chi connectivity index (χ1n) is 7.46. The van der Waals surface area contributed by atoms with Gasteiger partial charge in [-0.3, -0.25) is 11.3 Å². The summed E-state index contributed by atoms with van der Waals surface area (Å²) in [4.78, 5) is 0. The van der Waals surface area contributed by atoms with Gasteiger partial charge in [0.1, 0.15) is 0 Å². The third kappa shape index (κ3) is 4.13. The fourth-order valence-electron chi connectivity index (χ4n) is 3.24. The number of hydrazine groups is 1. The van der Waals surface area contributed by atoms with E-state index in [2.05, 4.69) is 5.43 Å². The minimum atomic E-state index is 0.189. The van der Waals surface area contributed by atoms with Crippen LogP contribution in [0.2, 0.25) is 0 Å². The second-order valence-electron chi connectivity index (χ2n) is 5.80. The lowest BCUT2D eigenvalue weighted by Crippen LogP contribution is -2.51. The number of hydrogen-bond donors (Lipinski definition) is 2. The fourth-order valence-corrected chi connectivity index (χ4v) is 3.24. The average molecular weight is 272 g/mol. The van der Waals surface area contributed by atoms with Gasteiger partial charge in [-0.2, -0.15) is 0 Å². The van der Waals surface area contributed by atoms with Crippen LogP contribution in [0.1, 0.15) is 38.5 Å². The van der Waals surface area contributed by atoms with Crippen molar-refractivity contribution in [1.82, 2.24) is 5.43 Å². The molecule has 1 aliphatic heterocycles. The highest BCUT2D eigenvalue weighted by Crippen LogP contribution is 2.45. The van der Waals surface area contributed by atoms with Gasteiger partial charge < -0.3 is 14.2 Å². The maximum atomic E-state index is 5.97. The average Bonchev–Trinajstić information content (AvgIpc) is 2.41. The summed E-state index contributed by atoms with van der Waals surface area (Å²) in [5.41, 5.74) is 3.17. The van der Waals surface area contributed by atoms with Crippen molar-refractivity contribution in [3.8, 4) is 0 Å². The molecule has 0 aromatic heterocycles. The van der Waals surface area contributed by atoms with Crippen LogP contribution < -0.4 is 11.3 Å². The second kappa shape index (κ2) is 7.55. The van der Waals surface area contributed by atoms with Crippen LogP contribution in [0.15, 0.2) is 0 Å². The summed E-state index contributed by atoms with van der Waals surface area (Å²) in [6.07, 6.45) is 6.99. The zero-order valence-corrected chi connectivity index (χ0v) is 12.0. The van der Waals surface area contributed by atoms with Crippen molar-refractivity contribution in [3.05, 3.63) is 0 Å². The molecule has 5 nitrogen and oxygen atoms in total. The molecule has 0 aromatic carbocycles. The lowest BCUT2D eigenvalue weighted by Gasteiger charge is -2.48. The quantitative estimate of drug-likeness (QED) is 0.395. The van der Waals surface area contributed by atoms with Crippen molar-refractivity contribution >= 4 is 0 Å². The fraction of sp³-hybridized carbons (Fsp3) is 1.00. The summed E-state index contributed by atoms with van der Waals surface area (Å²) in [5, 5.41) is 0. The first-order chi connectivity index (χ1) is 9.29. The van der Waals surface area contributed by atoms with Crippen molar-refractivity contribution in [2.24, 2.45) is 11.8 Å². The Hall–Kier alpha value is -0.200. The number of nitrogens with two attached hydrogens (primary N) is 1. The Bertz CT molecular complexity index is 259. The van der Waals surface area contributed by atoms with Gasteiger partial charge in [-0.25, -0.2) is 0 Å². The van der Waals surface area contributed by atoms with Gasteiger partial charge in [0.05, 0.1) is 18.8 Å². The summed E-state index contributed by atoms with van der Waals surface area (Å²) in [5.74, 6) is 6.34. The number of ether oxygens (including phenoxy) is 3. The molecule has 5 heteroatoms. The van der Waals surface area contributed by atoms with E-state index in [0.717, 1.165) is 32.5 Å². The third-order valence-corrected chi connectivity index (χ3v) is 4.58. The predicted octanol–water partition coefficient (Wildman–Crippen LogP) is 1.22. The molecule has 1 spiro atoms. The molecule has 1 saturated carbocycles. The molecule has 1 saturated heterocycles. The molecule has 0 radical (unpaired) electrons. The SMILES string of the molecule is COCCOCCC(NN)C1CCOC2(CCC2)C1. The van der Waals surface area contributed by atoms with Gasteiger partial charge in [-0.15, -0.1) is 0 Å². The Morgan fingerprint density at radius 1 is 1.37 bits per heavy atom. The number of nitrogens with one attached hydrogen (secondary N) is 1. The third-order valence-electron chi connectivity index (χ3n) is 4.58. The molecule has 0 bridgehead atoms. The van der Waals surface area contributed by atoms with Crippen LogP contribution in [-0.2, 0) is 14.2 Å². The Labute approximate surface area is 116 Å².